The second-order valence-corrected chi connectivity index (χ2v) is 5.89. The molecule has 15 heavy (non-hydrogen) atoms. The predicted molar refractivity (Wildman–Crippen MR) is 75.9 cm³/mol. The Balaban J connectivity index is 2.22. The Morgan fingerprint density at radius 2 is 2.13 bits per heavy atom. The molecule has 78 valence electrons. The molecule has 2 nitrogen and oxygen atoms in total. The number of hydrogen-bond acceptors (Lipinski definition) is 1. The van der Waals surface area contributed by atoms with E-state index in [2.05, 4.69) is 71.7 Å². The summed E-state index contributed by atoms with van der Waals surface area (Å²) in [4.78, 5) is 0. The summed E-state index contributed by atoms with van der Waals surface area (Å²) in [7, 11) is 0. The molecule has 0 saturated heterocycles. The molecule has 0 radical (unpaired) electrons. The third-order valence-electron chi connectivity index (χ3n) is 1.91. The average Bonchev–Trinajstić information content (AvgIpc) is 2.45. The Hall–Kier alpha value is 0.120. The van der Waals surface area contributed by atoms with Gasteiger partial charge in [-0.2, -0.15) is 5.10 Å². The number of aromatic nitrogens is 2. The summed E-state index contributed by atoms with van der Waals surface area (Å²) in [6.45, 7) is 0.793. The second-order valence-electron chi connectivity index (χ2n) is 3.10. The molecule has 0 unspecified atom stereocenters. The summed E-state index contributed by atoms with van der Waals surface area (Å²) >= 11 is 9.11. The molecular weight excluding hydrogens is 435 g/mol. The predicted octanol–water partition coefficient (Wildman–Crippen LogP) is 4.06. The highest BCUT2D eigenvalue weighted by Crippen LogP contribution is 2.18. The first-order valence-electron chi connectivity index (χ1n) is 4.28. The molecule has 1 aromatic carbocycles. The monoisotopic (exact) mass is 440 g/mol. The van der Waals surface area contributed by atoms with Gasteiger partial charge in [0.15, 0.2) is 0 Å². The number of halogens is 3. The first kappa shape index (κ1) is 11.6. The third kappa shape index (κ3) is 3.04. The van der Waals surface area contributed by atoms with Gasteiger partial charge in [-0.05, 0) is 56.2 Å². The maximum atomic E-state index is 4.38. The molecule has 0 aliphatic rings. The maximum absolute atomic E-state index is 4.38. The fourth-order valence-electron chi connectivity index (χ4n) is 1.28. The summed E-state index contributed by atoms with van der Waals surface area (Å²) in [5.74, 6) is 0. The molecule has 0 N–H and O–H groups in total. The van der Waals surface area contributed by atoms with E-state index in [0.29, 0.717) is 0 Å². The smallest absolute Gasteiger partial charge is 0.137 e. The topological polar surface area (TPSA) is 17.8 Å². The van der Waals surface area contributed by atoms with Crippen LogP contribution in [-0.4, -0.2) is 9.78 Å². The van der Waals surface area contributed by atoms with Gasteiger partial charge < -0.3 is 0 Å². The zero-order chi connectivity index (χ0) is 10.8. The summed E-state index contributed by atoms with van der Waals surface area (Å²) in [5, 5.41) is 4.38. The van der Waals surface area contributed by atoms with Gasteiger partial charge in [-0.15, -0.1) is 0 Å². The number of benzene rings is 1. The van der Waals surface area contributed by atoms with Gasteiger partial charge in [0.25, 0.3) is 0 Å². The van der Waals surface area contributed by atoms with Crippen LogP contribution in [0.1, 0.15) is 5.56 Å². The second kappa shape index (κ2) is 4.97. The first-order valence-corrected chi connectivity index (χ1v) is 6.94. The fourth-order valence-corrected chi connectivity index (χ4v) is 2.46. The van der Waals surface area contributed by atoms with Crippen LogP contribution in [0.3, 0.4) is 0 Å². The van der Waals surface area contributed by atoms with Crippen molar-refractivity contribution in [2.45, 2.75) is 6.54 Å². The van der Waals surface area contributed by atoms with Crippen molar-refractivity contribution >= 4 is 54.5 Å². The molecule has 1 aromatic heterocycles. The Morgan fingerprint density at radius 3 is 2.73 bits per heavy atom. The molecule has 2 rings (SSSR count). The molecule has 5 heteroatoms. The van der Waals surface area contributed by atoms with E-state index in [1.165, 1.54) is 5.56 Å². The highest BCUT2D eigenvalue weighted by atomic mass is 127. The van der Waals surface area contributed by atoms with E-state index in [-0.39, 0.29) is 0 Å². The van der Waals surface area contributed by atoms with E-state index in [1.807, 2.05) is 23.0 Å². The third-order valence-corrected chi connectivity index (χ3v) is 4.52. The Labute approximate surface area is 118 Å². The van der Waals surface area contributed by atoms with Gasteiger partial charge in [0.2, 0.25) is 0 Å². The largest absolute Gasteiger partial charge is 0.266 e. The van der Waals surface area contributed by atoms with E-state index in [0.717, 1.165) is 19.2 Å². The highest BCUT2D eigenvalue weighted by Gasteiger charge is 2.03. The molecule has 0 atom stereocenters. The molecule has 0 amide bonds. The maximum Gasteiger partial charge on any atom is 0.137 e. The minimum atomic E-state index is 0.793. The number of hydrogen-bond donors (Lipinski definition) is 0. The van der Waals surface area contributed by atoms with Crippen LogP contribution < -0.4 is 0 Å². The van der Waals surface area contributed by atoms with Crippen molar-refractivity contribution in [3.63, 3.8) is 0 Å². The van der Waals surface area contributed by atoms with Gasteiger partial charge in [-0.25, -0.2) is 0 Å². The van der Waals surface area contributed by atoms with Crippen LogP contribution in [0.2, 0.25) is 0 Å². The summed E-state index contributed by atoms with van der Waals surface area (Å²) in [5.41, 5.74) is 1.23. The lowest BCUT2D eigenvalue weighted by Gasteiger charge is -2.01. The molecule has 0 spiro atoms. The molecular formula is C10H7Br2IN2. The van der Waals surface area contributed by atoms with E-state index >= 15 is 0 Å². The van der Waals surface area contributed by atoms with Gasteiger partial charge in [-0.1, -0.05) is 28.1 Å². The fraction of sp³-hybridized carbons (Fsp3) is 0.100. The number of rotatable bonds is 2. The van der Waals surface area contributed by atoms with E-state index in [4.69, 9.17) is 0 Å². The normalized spacial score (nSPS) is 10.6. The van der Waals surface area contributed by atoms with Gasteiger partial charge in [-0.3, -0.25) is 4.68 Å². The lowest BCUT2D eigenvalue weighted by molar-refractivity contribution is 0.681. The van der Waals surface area contributed by atoms with Crippen LogP contribution in [0.4, 0.5) is 0 Å². The molecule has 1 heterocycles. The lowest BCUT2D eigenvalue weighted by atomic mass is 10.2. The van der Waals surface area contributed by atoms with Crippen molar-refractivity contribution in [3.8, 4) is 0 Å². The zero-order valence-electron chi connectivity index (χ0n) is 7.62. The van der Waals surface area contributed by atoms with Gasteiger partial charge >= 0.3 is 0 Å². The van der Waals surface area contributed by atoms with Crippen molar-refractivity contribution in [3.05, 3.63) is 48.7 Å². The van der Waals surface area contributed by atoms with Crippen LogP contribution in [-0.2, 0) is 6.54 Å². The van der Waals surface area contributed by atoms with Crippen molar-refractivity contribution in [2.24, 2.45) is 0 Å². The van der Waals surface area contributed by atoms with Gasteiger partial charge in [0, 0.05) is 10.7 Å². The van der Waals surface area contributed by atoms with Crippen molar-refractivity contribution < 1.29 is 0 Å². The summed E-state index contributed by atoms with van der Waals surface area (Å²) in [6, 6.07) is 8.24. The lowest BCUT2D eigenvalue weighted by Crippen LogP contribution is -2.00. The first-order chi connectivity index (χ1) is 7.15. The van der Waals surface area contributed by atoms with Gasteiger partial charge in [0.05, 0.1) is 11.0 Å². The average molecular weight is 442 g/mol. The quantitative estimate of drug-likeness (QED) is 0.643. The van der Waals surface area contributed by atoms with Crippen LogP contribution >= 0.6 is 54.5 Å². The van der Waals surface area contributed by atoms with Crippen molar-refractivity contribution in [2.75, 3.05) is 0 Å². The van der Waals surface area contributed by atoms with E-state index < -0.39 is 0 Å². The number of nitrogens with zero attached hydrogens (tertiary/aromatic N) is 2. The molecule has 0 aliphatic heterocycles. The van der Waals surface area contributed by atoms with E-state index in [9.17, 15) is 0 Å². The van der Waals surface area contributed by atoms with Crippen LogP contribution in [0, 0.1) is 3.70 Å². The Kier molecular flexibility index (Phi) is 3.84. The summed E-state index contributed by atoms with van der Waals surface area (Å²) in [6.07, 6.45) is 1.99. The summed E-state index contributed by atoms with van der Waals surface area (Å²) < 4.78 is 5.05. The van der Waals surface area contributed by atoms with Crippen LogP contribution in [0.5, 0.6) is 0 Å². The molecule has 0 saturated carbocycles. The van der Waals surface area contributed by atoms with Crippen LogP contribution in [0.25, 0.3) is 0 Å². The molecule has 0 aliphatic carbocycles. The van der Waals surface area contributed by atoms with E-state index in [1.54, 1.807) is 0 Å². The zero-order valence-corrected chi connectivity index (χ0v) is 13.0. The van der Waals surface area contributed by atoms with Gasteiger partial charge in [0.1, 0.15) is 3.70 Å². The highest BCUT2D eigenvalue weighted by molar-refractivity contribution is 14.1. The Bertz CT molecular complexity index is 463. The van der Waals surface area contributed by atoms with Crippen LogP contribution in [0.15, 0.2) is 39.4 Å². The molecule has 2 aromatic rings. The minimum Gasteiger partial charge on any atom is -0.266 e. The molecule has 0 bridgehead atoms. The SMILES string of the molecule is Brc1cccc(Cn2cc(Br)c(I)n2)c1. The Morgan fingerprint density at radius 1 is 1.33 bits per heavy atom. The minimum absolute atomic E-state index is 0.793. The van der Waals surface area contributed by atoms with Crippen molar-refractivity contribution in [1.29, 1.82) is 0 Å². The standard InChI is InChI=1S/C10H7Br2IN2/c11-8-3-1-2-7(4-8)5-15-6-9(12)10(13)14-15/h1-4,6H,5H2. The molecule has 0 fully saturated rings. The van der Waals surface area contributed by atoms with Crippen molar-refractivity contribution in [1.82, 2.24) is 9.78 Å².